The van der Waals surface area contributed by atoms with Gasteiger partial charge in [-0.3, -0.25) is 9.59 Å². The SMILES string of the molecule is CCOc1ccc(CCC(=O)N(Cc2ccc(Cl)c(Cl)c2)[C@H](CC)C(=O)NC)cc1OCC. The van der Waals surface area contributed by atoms with Gasteiger partial charge in [-0.25, -0.2) is 0 Å². The van der Waals surface area contributed by atoms with Crippen molar-refractivity contribution in [3.8, 4) is 11.5 Å². The van der Waals surface area contributed by atoms with Crippen LogP contribution in [0.25, 0.3) is 0 Å². The molecule has 0 aliphatic heterocycles. The largest absolute Gasteiger partial charge is 0.490 e. The zero-order chi connectivity index (χ0) is 24.4. The van der Waals surface area contributed by atoms with Crippen LogP contribution in [-0.4, -0.2) is 43.0 Å². The highest BCUT2D eigenvalue weighted by molar-refractivity contribution is 6.42. The normalized spacial score (nSPS) is 11.6. The number of aryl methyl sites for hydroxylation is 1. The van der Waals surface area contributed by atoms with Crippen molar-refractivity contribution in [1.82, 2.24) is 10.2 Å². The Morgan fingerprint density at radius 1 is 0.939 bits per heavy atom. The molecule has 0 unspecified atom stereocenters. The highest BCUT2D eigenvalue weighted by atomic mass is 35.5. The van der Waals surface area contributed by atoms with Gasteiger partial charge in [-0.2, -0.15) is 0 Å². The van der Waals surface area contributed by atoms with E-state index in [-0.39, 0.29) is 24.8 Å². The molecule has 1 atom stereocenters. The number of hydrogen-bond donors (Lipinski definition) is 1. The van der Waals surface area contributed by atoms with Gasteiger partial charge in [0.1, 0.15) is 6.04 Å². The number of carbonyl (C=O) groups is 2. The van der Waals surface area contributed by atoms with Crippen LogP contribution >= 0.6 is 23.2 Å². The average molecular weight is 495 g/mol. The molecular formula is C25H32Cl2N2O4. The van der Waals surface area contributed by atoms with Gasteiger partial charge in [-0.15, -0.1) is 0 Å². The van der Waals surface area contributed by atoms with Gasteiger partial charge >= 0.3 is 0 Å². The molecule has 0 saturated heterocycles. The summed E-state index contributed by atoms with van der Waals surface area (Å²) >= 11 is 12.2. The van der Waals surface area contributed by atoms with E-state index in [2.05, 4.69) is 5.32 Å². The molecular weight excluding hydrogens is 463 g/mol. The van der Waals surface area contributed by atoms with Gasteiger partial charge in [0.2, 0.25) is 11.8 Å². The molecule has 0 fully saturated rings. The Balaban J connectivity index is 2.22. The number of amides is 2. The Morgan fingerprint density at radius 3 is 2.21 bits per heavy atom. The molecule has 6 nitrogen and oxygen atoms in total. The van der Waals surface area contributed by atoms with E-state index in [4.69, 9.17) is 32.7 Å². The Hall–Kier alpha value is -2.44. The van der Waals surface area contributed by atoms with Crippen LogP contribution in [0.5, 0.6) is 11.5 Å². The summed E-state index contributed by atoms with van der Waals surface area (Å²) in [5.74, 6) is 1.02. The maximum Gasteiger partial charge on any atom is 0.242 e. The zero-order valence-electron chi connectivity index (χ0n) is 19.6. The third-order valence-electron chi connectivity index (χ3n) is 5.20. The number of likely N-dealkylation sites (N-methyl/N-ethyl adjacent to an activating group) is 1. The maximum absolute atomic E-state index is 13.3. The molecule has 8 heteroatoms. The van der Waals surface area contributed by atoms with E-state index in [9.17, 15) is 9.59 Å². The predicted molar refractivity (Wildman–Crippen MR) is 132 cm³/mol. The minimum atomic E-state index is -0.587. The standard InChI is InChI=1S/C25H32Cl2N2O4/c1-5-21(25(31)28-4)29(16-18-8-11-19(26)20(27)14-18)24(30)13-10-17-9-12-22(32-6-2)23(15-17)33-7-3/h8-9,11-12,14-15,21H,5-7,10,13,16H2,1-4H3,(H,28,31)/t21-/m1/s1. The molecule has 33 heavy (non-hydrogen) atoms. The molecule has 2 aromatic rings. The Bertz CT molecular complexity index is 952. The fourth-order valence-electron chi connectivity index (χ4n) is 3.57. The number of rotatable bonds is 12. The molecule has 0 heterocycles. The summed E-state index contributed by atoms with van der Waals surface area (Å²) in [6.45, 7) is 7.03. The first-order valence-electron chi connectivity index (χ1n) is 11.2. The average Bonchev–Trinajstić information content (AvgIpc) is 2.81. The smallest absolute Gasteiger partial charge is 0.242 e. The Labute approximate surface area is 206 Å². The molecule has 2 amide bonds. The summed E-state index contributed by atoms with van der Waals surface area (Å²) in [7, 11) is 1.57. The fraction of sp³-hybridized carbons (Fsp3) is 0.440. The van der Waals surface area contributed by atoms with Crippen LogP contribution in [-0.2, 0) is 22.6 Å². The van der Waals surface area contributed by atoms with Crippen LogP contribution in [0.15, 0.2) is 36.4 Å². The van der Waals surface area contributed by atoms with Crippen LogP contribution in [0, 0.1) is 0 Å². The lowest BCUT2D eigenvalue weighted by atomic mass is 10.1. The van der Waals surface area contributed by atoms with Crippen molar-refractivity contribution in [2.24, 2.45) is 0 Å². The summed E-state index contributed by atoms with van der Waals surface area (Å²) < 4.78 is 11.3. The molecule has 0 bridgehead atoms. The van der Waals surface area contributed by atoms with E-state index in [0.717, 1.165) is 11.1 Å². The van der Waals surface area contributed by atoms with E-state index in [1.807, 2.05) is 45.0 Å². The van der Waals surface area contributed by atoms with Crippen LogP contribution in [0.2, 0.25) is 10.0 Å². The number of ether oxygens (including phenoxy) is 2. The number of hydrogen-bond acceptors (Lipinski definition) is 4. The van der Waals surface area contributed by atoms with E-state index in [1.165, 1.54) is 0 Å². The first kappa shape index (κ1) is 26.8. The summed E-state index contributed by atoms with van der Waals surface area (Å²) in [6.07, 6.45) is 1.24. The number of nitrogens with one attached hydrogen (secondary N) is 1. The summed E-state index contributed by atoms with van der Waals surface area (Å²) in [6, 6.07) is 10.3. The van der Waals surface area contributed by atoms with Gasteiger partial charge in [0.15, 0.2) is 11.5 Å². The monoisotopic (exact) mass is 494 g/mol. The van der Waals surface area contributed by atoms with Crippen molar-refractivity contribution in [3.63, 3.8) is 0 Å². The fourth-order valence-corrected chi connectivity index (χ4v) is 3.89. The Morgan fingerprint density at radius 2 is 1.61 bits per heavy atom. The molecule has 2 rings (SSSR count). The minimum Gasteiger partial charge on any atom is -0.490 e. The first-order chi connectivity index (χ1) is 15.8. The summed E-state index contributed by atoms with van der Waals surface area (Å²) in [5.41, 5.74) is 1.76. The zero-order valence-corrected chi connectivity index (χ0v) is 21.1. The van der Waals surface area contributed by atoms with E-state index in [0.29, 0.717) is 47.6 Å². The van der Waals surface area contributed by atoms with Gasteiger partial charge in [0, 0.05) is 20.0 Å². The lowest BCUT2D eigenvalue weighted by Gasteiger charge is -2.30. The van der Waals surface area contributed by atoms with Crippen molar-refractivity contribution in [3.05, 3.63) is 57.6 Å². The molecule has 0 saturated carbocycles. The molecule has 0 aliphatic rings. The highest BCUT2D eigenvalue weighted by Gasteiger charge is 2.28. The summed E-state index contributed by atoms with van der Waals surface area (Å²) in [5, 5.41) is 3.51. The minimum absolute atomic E-state index is 0.122. The van der Waals surface area contributed by atoms with Crippen molar-refractivity contribution < 1.29 is 19.1 Å². The maximum atomic E-state index is 13.3. The molecule has 1 N–H and O–H groups in total. The van der Waals surface area contributed by atoms with Gasteiger partial charge in [0.25, 0.3) is 0 Å². The lowest BCUT2D eigenvalue weighted by molar-refractivity contribution is -0.141. The quantitative estimate of drug-likeness (QED) is 0.435. The van der Waals surface area contributed by atoms with Crippen molar-refractivity contribution in [1.29, 1.82) is 0 Å². The van der Waals surface area contributed by atoms with Crippen molar-refractivity contribution in [2.75, 3.05) is 20.3 Å². The number of halogens is 2. The van der Waals surface area contributed by atoms with Gasteiger partial charge < -0.3 is 19.7 Å². The predicted octanol–water partition coefficient (Wildman–Crippen LogP) is 5.28. The number of carbonyl (C=O) groups excluding carboxylic acids is 2. The Kier molecular flexibility index (Phi) is 10.8. The third kappa shape index (κ3) is 7.54. The van der Waals surface area contributed by atoms with Crippen LogP contribution in [0.1, 0.15) is 44.7 Å². The molecule has 0 aliphatic carbocycles. The number of benzene rings is 2. The second kappa shape index (κ2) is 13.3. The topological polar surface area (TPSA) is 67.9 Å². The third-order valence-corrected chi connectivity index (χ3v) is 5.94. The van der Waals surface area contributed by atoms with Crippen LogP contribution < -0.4 is 14.8 Å². The number of nitrogens with zero attached hydrogens (tertiary/aromatic N) is 1. The van der Waals surface area contributed by atoms with Crippen LogP contribution in [0.3, 0.4) is 0 Å². The van der Waals surface area contributed by atoms with Gasteiger partial charge in [0.05, 0.1) is 23.3 Å². The van der Waals surface area contributed by atoms with E-state index in [1.54, 1.807) is 24.1 Å². The van der Waals surface area contributed by atoms with Crippen molar-refractivity contribution >= 4 is 35.0 Å². The van der Waals surface area contributed by atoms with Crippen molar-refractivity contribution in [2.45, 2.75) is 52.6 Å². The molecule has 180 valence electrons. The summed E-state index contributed by atoms with van der Waals surface area (Å²) in [4.78, 5) is 27.4. The highest BCUT2D eigenvalue weighted by Crippen LogP contribution is 2.29. The second-order valence-corrected chi connectivity index (χ2v) is 8.27. The molecule has 0 radical (unpaired) electrons. The molecule has 2 aromatic carbocycles. The molecule has 0 spiro atoms. The van der Waals surface area contributed by atoms with Gasteiger partial charge in [-0.05, 0) is 62.1 Å². The lowest BCUT2D eigenvalue weighted by Crippen LogP contribution is -2.48. The van der Waals surface area contributed by atoms with Gasteiger partial charge in [-0.1, -0.05) is 42.3 Å². The first-order valence-corrected chi connectivity index (χ1v) is 11.9. The second-order valence-electron chi connectivity index (χ2n) is 7.46. The van der Waals surface area contributed by atoms with E-state index < -0.39 is 6.04 Å². The molecule has 0 aromatic heterocycles. The van der Waals surface area contributed by atoms with E-state index >= 15 is 0 Å². The van der Waals surface area contributed by atoms with Crippen LogP contribution in [0.4, 0.5) is 0 Å².